The molecule has 0 aliphatic carbocycles. The number of ketones is 1. The molecule has 0 fully saturated rings. The van der Waals surface area contributed by atoms with Crippen LogP contribution in [0.4, 0.5) is 5.69 Å². The number of hydrogen-bond donors (Lipinski definition) is 1. The number of nitrogens with zero attached hydrogens (tertiary/aromatic N) is 1. The molecule has 0 bridgehead atoms. The molecule has 6 nitrogen and oxygen atoms in total. The maximum atomic E-state index is 12.3. The van der Waals surface area contributed by atoms with Gasteiger partial charge in [-0.2, -0.15) is 13.6 Å². The number of aryl methyl sites for hydroxylation is 1. The summed E-state index contributed by atoms with van der Waals surface area (Å²) >= 11 is 11.7. The minimum Gasteiger partial charge on any atom is -0.371 e. The van der Waals surface area contributed by atoms with Gasteiger partial charge in [-0.3, -0.25) is 4.79 Å². The molecule has 0 amide bonds. The van der Waals surface area contributed by atoms with E-state index in [1.165, 1.54) is 24.3 Å². The van der Waals surface area contributed by atoms with Crippen LogP contribution in [-0.2, 0) is 16.7 Å². The normalized spacial score (nSPS) is 11.3. The predicted molar refractivity (Wildman–Crippen MR) is 118 cm³/mol. The third kappa shape index (κ3) is 8.22. The first-order chi connectivity index (χ1) is 13.8. The quantitative estimate of drug-likeness (QED) is 0.386. The molecule has 0 saturated heterocycles. The van der Waals surface area contributed by atoms with Crippen LogP contribution in [0.2, 0.25) is 0 Å². The van der Waals surface area contributed by atoms with E-state index in [9.17, 15) is 13.2 Å². The van der Waals surface area contributed by atoms with Gasteiger partial charge < -0.3 is 9.08 Å². The molecule has 0 radical (unpaired) electrons. The van der Waals surface area contributed by atoms with E-state index in [0.717, 1.165) is 30.8 Å². The Morgan fingerprint density at radius 2 is 1.55 bits per heavy atom. The van der Waals surface area contributed by atoms with Crippen LogP contribution >= 0.6 is 23.2 Å². The molecule has 9 heteroatoms. The Hall–Kier alpha value is -1.80. The van der Waals surface area contributed by atoms with Crippen molar-refractivity contribution in [2.45, 2.75) is 19.3 Å². The molecule has 0 aliphatic heterocycles. The first kappa shape index (κ1) is 23.5. The van der Waals surface area contributed by atoms with E-state index in [1.54, 1.807) is 0 Å². The average Bonchev–Trinajstić information content (AvgIpc) is 2.68. The summed E-state index contributed by atoms with van der Waals surface area (Å²) in [6, 6.07) is 14.1. The zero-order valence-corrected chi connectivity index (χ0v) is 18.2. The highest BCUT2D eigenvalue weighted by atomic mass is 35.5. The fraction of sp³-hybridized carbons (Fsp3) is 0.350. The second kappa shape index (κ2) is 11.4. The summed E-state index contributed by atoms with van der Waals surface area (Å²) in [5, 5.41) is 4.81. The highest BCUT2D eigenvalue weighted by Gasteiger charge is 2.09. The molecule has 0 saturated carbocycles. The van der Waals surface area contributed by atoms with Crippen LogP contribution in [0.5, 0.6) is 5.75 Å². The molecule has 2 rings (SSSR count). The Balaban J connectivity index is 1.85. The van der Waals surface area contributed by atoms with E-state index < -0.39 is 10.3 Å². The number of nitrogens with two attached hydrogens (primary N) is 1. The van der Waals surface area contributed by atoms with Gasteiger partial charge in [0, 0.05) is 42.5 Å². The van der Waals surface area contributed by atoms with Crippen molar-refractivity contribution in [1.82, 2.24) is 0 Å². The van der Waals surface area contributed by atoms with Crippen LogP contribution in [0.3, 0.4) is 0 Å². The van der Waals surface area contributed by atoms with Crippen LogP contribution < -0.4 is 14.2 Å². The molecule has 29 heavy (non-hydrogen) atoms. The number of halogens is 2. The Morgan fingerprint density at radius 3 is 2.07 bits per heavy atom. The lowest BCUT2D eigenvalue weighted by Gasteiger charge is -2.23. The topological polar surface area (TPSA) is 89.7 Å². The van der Waals surface area contributed by atoms with E-state index in [-0.39, 0.29) is 11.5 Å². The van der Waals surface area contributed by atoms with Gasteiger partial charge in [0.2, 0.25) is 0 Å². The first-order valence-electron chi connectivity index (χ1n) is 9.13. The van der Waals surface area contributed by atoms with Gasteiger partial charge in [0.1, 0.15) is 5.75 Å². The van der Waals surface area contributed by atoms with Crippen molar-refractivity contribution in [3.8, 4) is 5.75 Å². The van der Waals surface area contributed by atoms with Crippen LogP contribution in [0, 0.1) is 0 Å². The predicted octanol–water partition coefficient (Wildman–Crippen LogP) is 3.76. The molecule has 0 aromatic heterocycles. The minimum atomic E-state index is -4.07. The zero-order chi connectivity index (χ0) is 21.3. The second-order valence-corrected chi connectivity index (χ2v) is 8.32. The Labute approximate surface area is 181 Å². The van der Waals surface area contributed by atoms with Crippen molar-refractivity contribution >= 4 is 45.0 Å². The van der Waals surface area contributed by atoms with Gasteiger partial charge in [-0.25, -0.2) is 0 Å². The Kier molecular flexibility index (Phi) is 9.23. The minimum absolute atomic E-state index is 0.0147. The van der Waals surface area contributed by atoms with Gasteiger partial charge in [0.05, 0.1) is 0 Å². The van der Waals surface area contributed by atoms with Crippen molar-refractivity contribution in [2.24, 2.45) is 5.14 Å². The number of alkyl halides is 2. The highest BCUT2D eigenvalue weighted by molar-refractivity contribution is 7.84. The molecule has 0 aliphatic rings. The molecule has 158 valence electrons. The molecule has 2 aromatic carbocycles. The average molecular weight is 459 g/mol. The van der Waals surface area contributed by atoms with Gasteiger partial charge in [-0.1, -0.05) is 12.1 Å². The van der Waals surface area contributed by atoms with E-state index in [0.29, 0.717) is 30.2 Å². The maximum Gasteiger partial charge on any atom is 0.380 e. The first-order valence-corrected chi connectivity index (χ1v) is 11.7. The summed E-state index contributed by atoms with van der Waals surface area (Å²) in [5.74, 6) is 1.13. The number of benzene rings is 2. The maximum absolute atomic E-state index is 12.3. The highest BCUT2D eigenvalue weighted by Crippen LogP contribution is 2.18. The molecule has 2 aromatic rings. The number of rotatable bonds is 12. The van der Waals surface area contributed by atoms with Gasteiger partial charge in [-0.15, -0.1) is 23.2 Å². The lowest BCUT2D eigenvalue weighted by atomic mass is 10.0. The van der Waals surface area contributed by atoms with Crippen LogP contribution in [0.15, 0.2) is 48.5 Å². The number of anilines is 1. The monoisotopic (exact) mass is 458 g/mol. The number of Topliss-reactive ketones (excluding diaryl/α,β-unsaturated/α-hetero) is 1. The van der Waals surface area contributed by atoms with Crippen molar-refractivity contribution in [3.05, 3.63) is 59.7 Å². The van der Waals surface area contributed by atoms with Crippen molar-refractivity contribution in [1.29, 1.82) is 0 Å². The number of hydrogen-bond acceptors (Lipinski definition) is 5. The van der Waals surface area contributed by atoms with Gasteiger partial charge >= 0.3 is 10.3 Å². The fourth-order valence-corrected chi connectivity index (χ4v) is 3.66. The van der Waals surface area contributed by atoms with E-state index in [4.69, 9.17) is 28.3 Å². The standard InChI is InChI=1S/C20H24Cl2N2O4S/c21-12-14-24(15-13-22)18-8-4-16(5-9-18)2-1-3-20(25)17-6-10-19(11-7-17)28-29(23,26)27/h4-11H,1-3,12-15H2,(H2,23,26,27). The Bertz CT molecular complexity index is 882. The lowest BCUT2D eigenvalue weighted by Crippen LogP contribution is -2.27. The van der Waals surface area contributed by atoms with Crippen molar-refractivity contribution in [3.63, 3.8) is 0 Å². The van der Waals surface area contributed by atoms with E-state index in [2.05, 4.69) is 21.2 Å². The van der Waals surface area contributed by atoms with Gasteiger partial charge in [-0.05, 0) is 54.8 Å². The molecule has 0 atom stereocenters. The lowest BCUT2D eigenvalue weighted by molar-refractivity contribution is 0.0980. The van der Waals surface area contributed by atoms with Gasteiger partial charge in [0.25, 0.3) is 0 Å². The van der Waals surface area contributed by atoms with Crippen LogP contribution in [0.25, 0.3) is 0 Å². The van der Waals surface area contributed by atoms with Crippen LogP contribution in [0.1, 0.15) is 28.8 Å². The third-order valence-corrected chi connectivity index (χ3v) is 5.03. The third-order valence-electron chi connectivity index (χ3n) is 4.27. The molecular formula is C20H24Cl2N2O4S. The second-order valence-electron chi connectivity index (χ2n) is 6.41. The smallest absolute Gasteiger partial charge is 0.371 e. The Morgan fingerprint density at radius 1 is 0.966 bits per heavy atom. The summed E-state index contributed by atoms with van der Waals surface area (Å²) < 4.78 is 26.3. The fourth-order valence-electron chi connectivity index (χ4n) is 2.88. The summed E-state index contributed by atoms with van der Waals surface area (Å²) in [7, 11) is -4.07. The molecule has 2 N–H and O–H groups in total. The molecule has 0 spiro atoms. The number of carbonyl (C=O) groups is 1. The SMILES string of the molecule is NS(=O)(=O)Oc1ccc(C(=O)CCCc2ccc(N(CCCl)CCCl)cc2)cc1. The van der Waals surface area contributed by atoms with Gasteiger partial charge in [0.15, 0.2) is 5.78 Å². The largest absolute Gasteiger partial charge is 0.380 e. The van der Waals surface area contributed by atoms with E-state index >= 15 is 0 Å². The molecule has 0 unspecified atom stereocenters. The number of carbonyl (C=O) groups excluding carboxylic acids is 1. The summed E-state index contributed by atoms with van der Waals surface area (Å²) in [6.45, 7) is 1.48. The summed E-state index contributed by atoms with van der Waals surface area (Å²) in [5.41, 5.74) is 2.72. The molecule has 0 heterocycles. The van der Waals surface area contributed by atoms with Crippen molar-refractivity contribution in [2.75, 3.05) is 29.7 Å². The summed E-state index contributed by atoms with van der Waals surface area (Å²) in [4.78, 5) is 14.4. The van der Waals surface area contributed by atoms with Crippen LogP contribution in [-0.4, -0.2) is 39.1 Å². The molecular weight excluding hydrogens is 435 g/mol. The zero-order valence-electron chi connectivity index (χ0n) is 15.9. The summed E-state index contributed by atoms with van der Waals surface area (Å²) in [6.07, 6.45) is 1.88. The van der Waals surface area contributed by atoms with Crippen molar-refractivity contribution < 1.29 is 17.4 Å². The van der Waals surface area contributed by atoms with E-state index in [1.807, 2.05) is 12.1 Å².